The number of halogens is 2. The topological polar surface area (TPSA) is 12.0 Å². The van der Waals surface area contributed by atoms with Crippen molar-refractivity contribution in [3.63, 3.8) is 0 Å². The van der Waals surface area contributed by atoms with Gasteiger partial charge in [0.15, 0.2) is 0 Å². The van der Waals surface area contributed by atoms with Crippen molar-refractivity contribution in [1.29, 1.82) is 0 Å². The Kier molecular flexibility index (Phi) is 5.32. The predicted octanol–water partition coefficient (Wildman–Crippen LogP) is 5.00. The molecule has 0 bridgehead atoms. The van der Waals surface area contributed by atoms with Gasteiger partial charge >= 0.3 is 0 Å². The third kappa shape index (κ3) is 3.68. The van der Waals surface area contributed by atoms with Crippen LogP contribution in [0.5, 0.6) is 0 Å². The molecule has 106 valence electrons. The molecule has 20 heavy (non-hydrogen) atoms. The summed E-state index contributed by atoms with van der Waals surface area (Å²) in [4.78, 5) is 0. The maximum absolute atomic E-state index is 13.4. The van der Waals surface area contributed by atoms with Gasteiger partial charge in [-0.1, -0.05) is 43.3 Å². The van der Waals surface area contributed by atoms with Crippen molar-refractivity contribution >= 4 is 15.9 Å². The summed E-state index contributed by atoms with van der Waals surface area (Å²) in [6.45, 7) is 4.90. The highest BCUT2D eigenvalue weighted by Gasteiger charge is 2.08. The summed E-state index contributed by atoms with van der Waals surface area (Å²) < 4.78 is 14.0. The fourth-order valence-electron chi connectivity index (χ4n) is 2.11. The van der Waals surface area contributed by atoms with Crippen molar-refractivity contribution < 1.29 is 4.39 Å². The van der Waals surface area contributed by atoms with Gasteiger partial charge in [0.05, 0.1) is 4.47 Å². The van der Waals surface area contributed by atoms with Crippen LogP contribution in [-0.2, 0) is 13.0 Å². The predicted molar refractivity (Wildman–Crippen MR) is 85.2 cm³/mol. The highest BCUT2D eigenvalue weighted by Crippen LogP contribution is 2.21. The first kappa shape index (κ1) is 15.2. The van der Waals surface area contributed by atoms with Gasteiger partial charge in [-0.3, -0.25) is 0 Å². The summed E-state index contributed by atoms with van der Waals surface area (Å²) in [6.07, 6.45) is 1.05. The number of aryl methyl sites for hydroxylation is 1. The maximum Gasteiger partial charge on any atom is 0.137 e. The SMILES string of the molecule is CCc1ccc(C(C)NCc2cccc(F)c2Br)cc1. The zero-order chi connectivity index (χ0) is 14.5. The quantitative estimate of drug-likeness (QED) is 0.810. The van der Waals surface area contributed by atoms with E-state index in [1.54, 1.807) is 6.07 Å². The molecule has 0 saturated heterocycles. The van der Waals surface area contributed by atoms with E-state index in [9.17, 15) is 4.39 Å². The first-order chi connectivity index (χ1) is 9.61. The molecule has 0 aliphatic carbocycles. The summed E-state index contributed by atoms with van der Waals surface area (Å²) in [7, 11) is 0. The van der Waals surface area contributed by atoms with E-state index in [0.717, 1.165) is 12.0 Å². The number of nitrogens with one attached hydrogen (secondary N) is 1. The lowest BCUT2D eigenvalue weighted by Gasteiger charge is -2.15. The summed E-state index contributed by atoms with van der Waals surface area (Å²) >= 11 is 3.29. The molecule has 2 aromatic rings. The Hall–Kier alpha value is -1.19. The Bertz CT molecular complexity index is 566. The summed E-state index contributed by atoms with van der Waals surface area (Å²) in [6, 6.07) is 14.0. The molecule has 0 fully saturated rings. The molecule has 3 heteroatoms. The Balaban J connectivity index is 2.00. The van der Waals surface area contributed by atoms with E-state index in [1.165, 1.54) is 17.2 Å². The second kappa shape index (κ2) is 7.00. The van der Waals surface area contributed by atoms with E-state index in [-0.39, 0.29) is 11.9 Å². The summed E-state index contributed by atoms with van der Waals surface area (Å²) in [5, 5.41) is 3.42. The minimum Gasteiger partial charge on any atom is -0.306 e. The van der Waals surface area contributed by atoms with Gasteiger partial charge in [-0.25, -0.2) is 4.39 Å². The minimum atomic E-state index is -0.218. The van der Waals surface area contributed by atoms with Gasteiger partial charge in [0.1, 0.15) is 5.82 Å². The van der Waals surface area contributed by atoms with Crippen molar-refractivity contribution in [1.82, 2.24) is 5.32 Å². The van der Waals surface area contributed by atoms with Crippen LogP contribution < -0.4 is 5.32 Å². The maximum atomic E-state index is 13.4. The number of hydrogen-bond donors (Lipinski definition) is 1. The lowest BCUT2D eigenvalue weighted by atomic mass is 10.0. The normalized spacial score (nSPS) is 12.4. The lowest BCUT2D eigenvalue weighted by Crippen LogP contribution is -2.18. The van der Waals surface area contributed by atoms with E-state index >= 15 is 0 Å². The highest BCUT2D eigenvalue weighted by molar-refractivity contribution is 9.10. The van der Waals surface area contributed by atoms with Gasteiger partial charge in [-0.05, 0) is 52.0 Å². The number of rotatable bonds is 5. The average Bonchev–Trinajstić information content (AvgIpc) is 2.48. The van der Waals surface area contributed by atoms with Crippen molar-refractivity contribution in [2.24, 2.45) is 0 Å². The van der Waals surface area contributed by atoms with Gasteiger partial charge in [-0.2, -0.15) is 0 Å². The smallest absolute Gasteiger partial charge is 0.137 e. The van der Waals surface area contributed by atoms with Crippen LogP contribution in [0.3, 0.4) is 0 Å². The van der Waals surface area contributed by atoms with Crippen LogP contribution in [0.4, 0.5) is 4.39 Å². The number of hydrogen-bond acceptors (Lipinski definition) is 1. The van der Waals surface area contributed by atoms with Crippen LogP contribution in [0, 0.1) is 5.82 Å². The molecule has 0 aromatic heterocycles. The van der Waals surface area contributed by atoms with Crippen LogP contribution in [0.1, 0.15) is 36.6 Å². The van der Waals surface area contributed by atoms with Crippen LogP contribution >= 0.6 is 15.9 Å². The van der Waals surface area contributed by atoms with Gasteiger partial charge in [-0.15, -0.1) is 0 Å². The van der Waals surface area contributed by atoms with Crippen LogP contribution in [-0.4, -0.2) is 0 Å². The second-order valence-corrected chi connectivity index (χ2v) is 5.70. The van der Waals surface area contributed by atoms with E-state index in [2.05, 4.69) is 59.4 Å². The Morgan fingerprint density at radius 2 is 1.85 bits per heavy atom. The van der Waals surface area contributed by atoms with E-state index < -0.39 is 0 Å². The third-order valence-electron chi connectivity index (χ3n) is 3.52. The molecule has 0 aliphatic heterocycles. The third-order valence-corrected chi connectivity index (χ3v) is 4.41. The Morgan fingerprint density at radius 3 is 2.50 bits per heavy atom. The molecule has 0 amide bonds. The molecule has 1 atom stereocenters. The zero-order valence-corrected chi connectivity index (χ0v) is 13.4. The molecule has 0 aliphatic rings. The first-order valence-corrected chi connectivity index (χ1v) is 7.66. The average molecular weight is 336 g/mol. The van der Waals surface area contributed by atoms with Gasteiger partial charge in [0.2, 0.25) is 0 Å². The minimum absolute atomic E-state index is 0.218. The molecule has 1 N–H and O–H groups in total. The van der Waals surface area contributed by atoms with Gasteiger partial charge < -0.3 is 5.32 Å². The van der Waals surface area contributed by atoms with Gasteiger partial charge in [0, 0.05) is 12.6 Å². The molecule has 0 saturated carbocycles. The highest BCUT2D eigenvalue weighted by atomic mass is 79.9. The number of benzene rings is 2. The monoisotopic (exact) mass is 335 g/mol. The summed E-state index contributed by atoms with van der Waals surface area (Å²) in [5.41, 5.74) is 3.52. The van der Waals surface area contributed by atoms with Crippen LogP contribution in [0.15, 0.2) is 46.9 Å². The molecule has 2 rings (SSSR count). The Labute approximate surface area is 128 Å². The standard InChI is InChI=1S/C17H19BrFN/c1-3-13-7-9-14(10-8-13)12(2)20-11-15-5-4-6-16(19)17(15)18/h4-10,12,20H,3,11H2,1-2H3. The van der Waals surface area contributed by atoms with Crippen LogP contribution in [0.2, 0.25) is 0 Å². The van der Waals surface area contributed by atoms with Crippen molar-refractivity contribution in [2.75, 3.05) is 0 Å². The lowest BCUT2D eigenvalue weighted by molar-refractivity contribution is 0.566. The molecular weight excluding hydrogens is 317 g/mol. The molecule has 2 aromatic carbocycles. The summed E-state index contributed by atoms with van der Waals surface area (Å²) in [5.74, 6) is -0.218. The fourth-order valence-corrected chi connectivity index (χ4v) is 2.51. The van der Waals surface area contributed by atoms with E-state index in [1.807, 2.05) is 6.07 Å². The largest absolute Gasteiger partial charge is 0.306 e. The molecular formula is C17H19BrFN. The van der Waals surface area contributed by atoms with Crippen molar-refractivity contribution in [3.8, 4) is 0 Å². The molecule has 0 heterocycles. The Morgan fingerprint density at radius 1 is 1.15 bits per heavy atom. The molecule has 1 nitrogen and oxygen atoms in total. The van der Waals surface area contributed by atoms with E-state index in [0.29, 0.717) is 11.0 Å². The van der Waals surface area contributed by atoms with Crippen molar-refractivity contribution in [3.05, 3.63) is 69.4 Å². The van der Waals surface area contributed by atoms with Crippen LogP contribution in [0.25, 0.3) is 0 Å². The van der Waals surface area contributed by atoms with E-state index in [4.69, 9.17) is 0 Å². The molecule has 0 spiro atoms. The second-order valence-electron chi connectivity index (χ2n) is 4.91. The first-order valence-electron chi connectivity index (χ1n) is 6.87. The van der Waals surface area contributed by atoms with Gasteiger partial charge in [0.25, 0.3) is 0 Å². The molecule has 1 unspecified atom stereocenters. The van der Waals surface area contributed by atoms with Crippen molar-refractivity contribution in [2.45, 2.75) is 32.9 Å². The molecule has 0 radical (unpaired) electrons. The zero-order valence-electron chi connectivity index (χ0n) is 11.8. The fraction of sp³-hybridized carbons (Fsp3) is 0.294.